The van der Waals surface area contributed by atoms with Gasteiger partial charge in [0.2, 0.25) is 0 Å². The van der Waals surface area contributed by atoms with Crippen molar-refractivity contribution in [1.29, 1.82) is 5.26 Å². The van der Waals surface area contributed by atoms with Gasteiger partial charge in [0, 0.05) is 18.7 Å². The lowest BCUT2D eigenvalue weighted by atomic mass is 10.4. The predicted octanol–water partition coefficient (Wildman–Crippen LogP) is 1.65. The summed E-state index contributed by atoms with van der Waals surface area (Å²) in [5.41, 5.74) is 0. The van der Waals surface area contributed by atoms with Gasteiger partial charge in [-0.15, -0.1) is 0 Å². The van der Waals surface area contributed by atoms with Crippen molar-refractivity contribution in [2.75, 3.05) is 13.2 Å². The Balaban J connectivity index is 4.11. The Morgan fingerprint density at radius 1 is 1.50 bits per heavy atom. The Bertz CT molecular complexity index is 231. The van der Waals surface area contributed by atoms with E-state index in [-0.39, 0.29) is 5.91 Å². The minimum absolute atomic E-state index is 0.276. The van der Waals surface area contributed by atoms with Crippen molar-refractivity contribution in [2.45, 2.75) is 26.7 Å². The molecule has 0 saturated heterocycles. The number of nitriles is 1. The van der Waals surface area contributed by atoms with Gasteiger partial charge in [-0.2, -0.15) is 5.26 Å². The first kappa shape index (κ1) is 12.7. The van der Waals surface area contributed by atoms with Gasteiger partial charge in [0.05, 0.1) is 12.7 Å². The van der Waals surface area contributed by atoms with Crippen molar-refractivity contribution in [3.05, 3.63) is 12.2 Å². The largest absolute Gasteiger partial charge is 0.271 e. The number of carbonyl (C=O) groups excluding carboxylic acids is 1. The van der Waals surface area contributed by atoms with Gasteiger partial charge in [-0.25, -0.2) is 5.06 Å². The molecule has 0 unspecified atom stereocenters. The van der Waals surface area contributed by atoms with Gasteiger partial charge in [-0.1, -0.05) is 13.8 Å². The van der Waals surface area contributed by atoms with Gasteiger partial charge in [-0.05, 0) is 12.8 Å². The van der Waals surface area contributed by atoms with Crippen molar-refractivity contribution < 1.29 is 9.63 Å². The third-order valence-corrected chi connectivity index (χ3v) is 1.42. The summed E-state index contributed by atoms with van der Waals surface area (Å²) in [6, 6.07) is 1.77. The number of carbonyl (C=O) groups is 1. The van der Waals surface area contributed by atoms with Crippen LogP contribution in [-0.4, -0.2) is 24.1 Å². The van der Waals surface area contributed by atoms with E-state index in [4.69, 9.17) is 10.1 Å². The van der Waals surface area contributed by atoms with Crippen LogP contribution in [0.5, 0.6) is 0 Å². The van der Waals surface area contributed by atoms with E-state index in [9.17, 15) is 4.79 Å². The van der Waals surface area contributed by atoms with E-state index in [0.717, 1.165) is 18.9 Å². The van der Waals surface area contributed by atoms with Crippen molar-refractivity contribution in [2.24, 2.45) is 0 Å². The van der Waals surface area contributed by atoms with Crippen LogP contribution in [0.25, 0.3) is 0 Å². The number of hydrogen-bond acceptors (Lipinski definition) is 3. The van der Waals surface area contributed by atoms with Gasteiger partial charge >= 0.3 is 0 Å². The third-order valence-electron chi connectivity index (χ3n) is 1.42. The Labute approximate surface area is 84.7 Å². The SMILES string of the molecule is CCCON(CCC)C(=O)/C=C/C#N. The number of hydrogen-bond donors (Lipinski definition) is 0. The lowest BCUT2D eigenvalue weighted by Gasteiger charge is -2.18. The highest BCUT2D eigenvalue weighted by Crippen LogP contribution is 1.97. The highest BCUT2D eigenvalue weighted by Gasteiger charge is 2.09. The van der Waals surface area contributed by atoms with Crippen molar-refractivity contribution >= 4 is 5.91 Å². The third kappa shape index (κ3) is 5.33. The first-order valence-corrected chi connectivity index (χ1v) is 4.76. The smallest absolute Gasteiger partial charge is 0.270 e. The lowest BCUT2D eigenvalue weighted by molar-refractivity contribution is -0.181. The summed E-state index contributed by atoms with van der Waals surface area (Å²) >= 11 is 0. The fraction of sp³-hybridized carbons (Fsp3) is 0.600. The van der Waals surface area contributed by atoms with E-state index in [1.165, 1.54) is 11.1 Å². The molecule has 0 aliphatic heterocycles. The molecule has 0 fully saturated rings. The van der Waals surface area contributed by atoms with Gasteiger partial charge in [0.25, 0.3) is 5.91 Å². The predicted molar refractivity (Wildman–Crippen MR) is 53.0 cm³/mol. The summed E-state index contributed by atoms with van der Waals surface area (Å²) in [5, 5.41) is 9.54. The maximum atomic E-state index is 11.4. The molecule has 0 radical (unpaired) electrons. The Morgan fingerprint density at radius 3 is 2.71 bits per heavy atom. The molecule has 0 saturated carbocycles. The maximum absolute atomic E-state index is 11.4. The molecule has 0 aromatic heterocycles. The van der Waals surface area contributed by atoms with Gasteiger partial charge < -0.3 is 0 Å². The average molecular weight is 196 g/mol. The van der Waals surface area contributed by atoms with Crippen molar-refractivity contribution in [1.82, 2.24) is 5.06 Å². The zero-order valence-corrected chi connectivity index (χ0v) is 8.69. The van der Waals surface area contributed by atoms with Crippen LogP contribution in [-0.2, 0) is 9.63 Å². The van der Waals surface area contributed by atoms with E-state index >= 15 is 0 Å². The molecule has 0 aromatic rings. The topological polar surface area (TPSA) is 53.3 Å². The van der Waals surface area contributed by atoms with Crippen LogP contribution in [0.2, 0.25) is 0 Å². The molecule has 0 aliphatic rings. The summed E-state index contributed by atoms with van der Waals surface area (Å²) in [7, 11) is 0. The molecule has 0 aliphatic carbocycles. The second kappa shape index (κ2) is 8.27. The molecule has 0 bridgehead atoms. The number of nitrogens with zero attached hydrogens (tertiary/aromatic N) is 2. The van der Waals surface area contributed by atoms with Crippen LogP contribution >= 0.6 is 0 Å². The number of allylic oxidation sites excluding steroid dienone is 1. The van der Waals surface area contributed by atoms with E-state index in [1.54, 1.807) is 6.07 Å². The van der Waals surface area contributed by atoms with Crippen molar-refractivity contribution in [3.8, 4) is 6.07 Å². The standard InChI is InChI=1S/C10H16N2O2/c1-3-8-12(14-9-4-2)10(13)6-5-7-11/h5-6H,3-4,8-9H2,1-2H3/b6-5+. The Morgan fingerprint density at radius 2 is 2.21 bits per heavy atom. The molecular formula is C10H16N2O2. The van der Waals surface area contributed by atoms with E-state index in [2.05, 4.69) is 0 Å². The van der Waals surface area contributed by atoms with Crippen molar-refractivity contribution in [3.63, 3.8) is 0 Å². The molecule has 78 valence electrons. The second-order valence-corrected chi connectivity index (χ2v) is 2.74. The second-order valence-electron chi connectivity index (χ2n) is 2.74. The van der Waals surface area contributed by atoms with Crippen LogP contribution in [0.4, 0.5) is 0 Å². The fourth-order valence-corrected chi connectivity index (χ4v) is 0.835. The average Bonchev–Trinajstić information content (AvgIpc) is 2.20. The molecule has 4 nitrogen and oxygen atoms in total. The quantitative estimate of drug-likeness (QED) is 0.368. The summed E-state index contributed by atoms with van der Waals surface area (Å²) in [5.74, 6) is -0.276. The van der Waals surface area contributed by atoms with Crippen LogP contribution in [0.15, 0.2) is 12.2 Å². The normalized spacial score (nSPS) is 10.1. The molecule has 1 amide bonds. The highest BCUT2D eigenvalue weighted by molar-refractivity contribution is 5.87. The first-order valence-electron chi connectivity index (χ1n) is 4.76. The minimum Gasteiger partial charge on any atom is -0.271 e. The molecule has 4 heteroatoms. The molecule has 0 atom stereocenters. The molecular weight excluding hydrogens is 180 g/mol. The first-order chi connectivity index (χ1) is 6.76. The highest BCUT2D eigenvalue weighted by atomic mass is 16.7. The number of hydroxylamine groups is 2. The summed E-state index contributed by atoms with van der Waals surface area (Å²) in [6.45, 7) is 5.00. The molecule has 0 rings (SSSR count). The lowest BCUT2D eigenvalue weighted by Crippen LogP contribution is -2.30. The van der Waals surface area contributed by atoms with E-state index < -0.39 is 0 Å². The summed E-state index contributed by atoms with van der Waals surface area (Å²) < 4.78 is 0. The molecule has 0 N–H and O–H groups in total. The number of amides is 1. The zero-order valence-electron chi connectivity index (χ0n) is 8.69. The van der Waals surface area contributed by atoms with Crippen LogP contribution < -0.4 is 0 Å². The van der Waals surface area contributed by atoms with E-state index in [1.807, 2.05) is 13.8 Å². The molecule has 0 heterocycles. The molecule has 0 aromatic carbocycles. The van der Waals surface area contributed by atoms with Gasteiger partial charge in [-0.3, -0.25) is 9.63 Å². The Hall–Kier alpha value is -1.34. The fourth-order valence-electron chi connectivity index (χ4n) is 0.835. The Kier molecular flexibility index (Phi) is 7.48. The monoisotopic (exact) mass is 196 g/mol. The maximum Gasteiger partial charge on any atom is 0.270 e. The minimum atomic E-state index is -0.276. The molecule has 0 spiro atoms. The van der Waals surface area contributed by atoms with Gasteiger partial charge in [0.1, 0.15) is 0 Å². The number of rotatable bonds is 6. The summed E-state index contributed by atoms with van der Waals surface area (Å²) in [6.07, 6.45) is 4.05. The molecule has 14 heavy (non-hydrogen) atoms. The van der Waals surface area contributed by atoms with E-state index in [0.29, 0.717) is 13.2 Å². The van der Waals surface area contributed by atoms with Crippen LogP contribution in [0.3, 0.4) is 0 Å². The van der Waals surface area contributed by atoms with Crippen LogP contribution in [0, 0.1) is 11.3 Å². The zero-order chi connectivity index (χ0) is 10.8. The van der Waals surface area contributed by atoms with Crippen LogP contribution in [0.1, 0.15) is 26.7 Å². The van der Waals surface area contributed by atoms with Gasteiger partial charge in [0.15, 0.2) is 0 Å². The summed E-state index contributed by atoms with van der Waals surface area (Å²) in [4.78, 5) is 16.6.